The van der Waals surface area contributed by atoms with E-state index in [-0.39, 0.29) is 5.91 Å². The molecule has 0 atom stereocenters. The second kappa shape index (κ2) is 6.00. The van der Waals surface area contributed by atoms with Gasteiger partial charge in [0.25, 0.3) is 5.91 Å². The van der Waals surface area contributed by atoms with Gasteiger partial charge in [0.15, 0.2) is 0 Å². The Bertz CT molecular complexity index is 773. The first-order valence-electron chi connectivity index (χ1n) is 6.13. The van der Waals surface area contributed by atoms with Gasteiger partial charge in [-0.15, -0.1) is 5.10 Å². The minimum Gasteiger partial charge on any atom is -0.322 e. The van der Waals surface area contributed by atoms with Crippen LogP contribution in [0.1, 0.15) is 10.4 Å². The highest BCUT2D eigenvalue weighted by molar-refractivity contribution is 14.1. The molecule has 21 heavy (non-hydrogen) atoms. The van der Waals surface area contributed by atoms with Gasteiger partial charge in [0, 0.05) is 9.26 Å². The van der Waals surface area contributed by atoms with E-state index in [1.807, 2.05) is 42.5 Å². The lowest BCUT2D eigenvalue weighted by Gasteiger charge is -2.08. The molecular formula is C14H10IN5O. The van der Waals surface area contributed by atoms with Crippen LogP contribution in [0.3, 0.4) is 0 Å². The van der Waals surface area contributed by atoms with Crippen molar-refractivity contribution < 1.29 is 4.79 Å². The van der Waals surface area contributed by atoms with E-state index in [4.69, 9.17) is 0 Å². The van der Waals surface area contributed by atoms with Crippen molar-refractivity contribution in [1.82, 2.24) is 20.2 Å². The maximum atomic E-state index is 12.3. The summed E-state index contributed by atoms with van der Waals surface area (Å²) in [5.74, 6) is -0.145. The standard InChI is InChI=1S/C14H10IN5O/c15-13-7-2-1-6-12(13)14(21)17-10-4-3-5-11(8-10)20-9-16-18-19-20/h1-9H,(H,17,21). The third-order valence-electron chi connectivity index (χ3n) is 2.84. The Balaban J connectivity index is 1.84. The van der Waals surface area contributed by atoms with E-state index in [9.17, 15) is 4.79 Å². The van der Waals surface area contributed by atoms with E-state index in [0.717, 1.165) is 9.26 Å². The van der Waals surface area contributed by atoms with Crippen molar-refractivity contribution in [2.45, 2.75) is 0 Å². The molecule has 104 valence electrons. The van der Waals surface area contributed by atoms with E-state index in [2.05, 4.69) is 43.4 Å². The van der Waals surface area contributed by atoms with Crippen molar-refractivity contribution in [2.24, 2.45) is 0 Å². The summed E-state index contributed by atoms with van der Waals surface area (Å²) in [7, 11) is 0. The summed E-state index contributed by atoms with van der Waals surface area (Å²) in [5, 5.41) is 13.9. The Morgan fingerprint density at radius 1 is 1.14 bits per heavy atom. The zero-order chi connectivity index (χ0) is 14.7. The van der Waals surface area contributed by atoms with Gasteiger partial charge >= 0.3 is 0 Å². The minimum absolute atomic E-state index is 0.145. The second-order valence-electron chi connectivity index (χ2n) is 4.24. The summed E-state index contributed by atoms with van der Waals surface area (Å²) in [4.78, 5) is 12.3. The van der Waals surface area contributed by atoms with E-state index in [0.29, 0.717) is 11.3 Å². The molecule has 1 aromatic heterocycles. The summed E-state index contributed by atoms with van der Waals surface area (Å²) >= 11 is 2.14. The molecule has 0 fully saturated rings. The molecule has 1 N–H and O–H groups in total. The Labute approximate surface area is 134 Å². The number of rotatable bonds is 3. The number of nitrogens with zero attached hydrogens (tertiary/aromatic N) is 4. The maximum Gasteiger partial charge on any atom is 0.256 e. The molecule has 0 bridgehead atoms. The van der Waals surface area contributed by atoms with Gasteiger partial charge in [0.05, 0.1) is 11.3 Å². The first-order chi connectivity index (χ1) is 10.2. The van der Waals surface area contributed by atoms with Crippen LogP contribution in [-0.4, -0.2) is 26.1 Å². The highest BCUT2D eigenvalue weighted by atomic mass is 127. The predicted octanol–water partition coefficient (Wildman–Crippen LogP) is 2.52. The highest BCUT2D eigenvalue weighted by Gasteiger charge is 2.09. The number of halogens is 1. The first-order valence-corrected chi connectivity index (χ1v) is 7.21. The normalized spacial score (nSPS) is 10.3. The van der Waals surface area contributed by atoms with Crippen molar-refractivity contribution in [3.05, 3.63) is 64.0 Å². The average Bonchev–Trinajstić information content (AvgIpc) is 3.02. The number of tetrazole rings is 1. The van der Waals surface area contributed by atoms with E-state index in [1.165, 1.54) is 11.0 Å². The lowest BCUT2D eigenvalue weighted by molar-refractivity contribution is 0.102. The van der Waals surface area contributed by atoms with Gasteiger partial charge in [-0.1, -0.05) is 18.2 Å². The third-order valence-corrected chi connectivity index (χ3v) is 3.78. The van der Waals surface area contributed by atoms with Crippen LogP contribution in [0.15, 0.2) is 54.9 Å². The molecular weight excluding hydrogens is 381 g/mol. The zero-order valence-corrected chi connectivity index (χ0v) is 12.9. The molecule has 0 aliphatic rings. The molecule has 6 nitrogen and oxygen atoms in total. The smallest absolute Gasteiger partial charge is 0.256 e. The number of aromatic nitrogens is 4. The highest BCUT2D eigenvalue weighted by Crippen LogP contribution is 2.17. The first kappa shape index (κ1) is 13.7. The molecule has 0 saturated carbocycles. The fraction of sp³-hybridized carbons (Fsp3) is 0. The molecule has 1 amide bonds. The van der Waals surface area contributed by atoms with E-state index < -0.39 is 0 Å². The van der Waals surface area contributed by atoms with Gasteiger partial charge in [-0.3, -0.25) is 4.79 Å². The van der Waals surface area contributed by atoms with E-state index in [1.54, 1.807) is 6.07 Å². The molecule has 1 heterocycles. The molecule has 3 aromatic rings. The van der Waals surface area contributed by atoms with Gasteiger partial charge in [0.2, 0.25) is 0 Å². The van der Waals surface area contributed by atoms with Crippen LogP contribution < -0.4 is 5.32 Å². The molecule has 0 saturated heterocycles. The quantitative estimate of drug-likeness (QED) is 0.697. The topological polar surface area (TPSA) is 72.7 Å². The number of hydrogen-bond acceptors (Lipinski definition) is 4. The van der Waals surface area contributed by atoms with Gasteiger partial charge in [0.1, 0.15) is 6.33 Å². The molecule has 0 aliphatic heterocycles. The summed E-state index contributed by atoms with van der Waals surface area (Å²) in [6, 6.07) is 14.8. The number of hydrogen-bond donors (Lipinski definition) is 1. The summed E-state index contributed by atoms with van der Waals surface area (Å²) < 4.78 is 2.44. The molecule has 0 aliphatic carbocycles. The fourth-order valence-electron chi connectivity index (χ4n) is 1.85. The SMILES string of the molecule is O=C(Nc1cccc(-n2cnnn2)c1)c1ccccc1I. The largest absolute Gasteiger partial charge is 0.322 e. The van der Waals surface area contributed by atoms with Crippen LogP contribution in [0.4, 0.5) is 5.69 Å². The molecule has 3 rings (SSSR count). The summed E-state index contributed by atoms with van der Waals surface area (Å²) in [6.07, 6.45) is 1.50. The Morgan fingerprint density at radius 2 is 2.00 bits per heavy atom. The number of carbonyl (C=O) groups is 1. The van der Waals surface area contributed by atoms with Crippen molar-refractivity contribution in [2.75, 3.05) is 5.32 Å². The molecule has 2 aromatic carbocycles. The number of nitrogens with one attached hydrogen (secondary N) is 1. The van der Waals surface area contributed by atoms with Crippen LogP contribution in [0, 0.1) is 3.57 Å². The summed E-state index contributed by atoms with van der Waals surface area (Å²) in [6.45, 7) is 0. The number of anilines is 1. The van der Waals surface area contributed by atoms with Gasteiger partial charge < -0.3 is 5.32 Å². The Hall–Kier alpha value is -2.29. The third kappa shape index (κ3) is 3.07. The molecule has 0 spiro atoms. The second-order valence-corrected chi connectivity index (χ2v) is 5.40. The summed E-state index contributed by atoms with van der Waals surface area (Å²) in [5.41, 5.74) is 2.11. The van der Waals surface area contributed by atoms with Crippen LogP contribution in [-0.2, 0) is 0 Å². The van der Waals surface area contributed by atoms with Crippen molar-refractivity contribution in [3.63, 3.8) is 0 Å². The van der Waals surface area contributed by atoms with Gasteiger partial charge in [-0.05, 0) is 63.3 Å². The monoisotopic (exact) mass is 391 g/mol. The maximum absolute atomic E-state index is 12.3. The van der Waals surface area contributed by atoms with Crippen LogP contribution >= 0.6 is 22.6 Å². The van der Waals surface area contributed by atoms with Gasteiger partial charge in [-0.2, -0.15) is 0 Å². The molecule has 7 heteroatoms. The molecule has 0 radical (unpaired) electrons. The van der Waals surface area contributed by atoms with Crippen molar-refractivity contribution in [3.8, 4) is 5.69 Å². The van der Waals surface area contributed by atoms with Crippen LogP contribution in [0.5, 0.6) is 0 Å². The van der Waals surface area contributed by atoms with Crippen molar-refractivity contribution >= 4 is 34.2 Å². The number of benzene rings is 2. The Kier molecular flexibility index (Phi) is 3.91. The average molecular weight is 391 g/mol. The lowest BCUT2D eigenvalue weighted by atomic mass is 10.2. The number of amides is 1. The minimum atomic E-state index is -0.145. The van der Waals surface area contributed by atoms with E-state index >= 15 is 0 Å². The molecule has 0 unspecified atom stereocenters. The lowest BCUT2D eigenvalue weighted by Crippen LogP contribution is -2.13. The van der Waals surface area contributed by atoms with Crippen LogP contribution in [0.25, 0.3) is 5.69 Å². The fourth-order valence-corrected chi connectivity index (χ4v) is 2.48. The Morgan fingerprint density at radius 3 is 2.76 bits per heavy atom. The van der Waals surface area contributed by atoms with Crippen LogP contribution in [0.2, 0.25) is 0 Å². The predicted molar refractivity (Wildman–Crippen MR) is 86.3 cm³/mol. The van der Waals surface area contributed by atoms with Gasteiger partial charge in [-0.25, -0.2) is 4.68 Å². The zero-order valence-electron chi connectivity index (χ0n) is 10.8. The number of carbonyl (C=O) groups excluding carboxylic acids is 1. The van der Waals surface area contributed by atoms with Crippen molar-refractivity contribution in [1.29, 1.82) is 0 Å².